The summed E-state index contributed by atoms with van der Waals surface area (Å²) in [7, 11) is 3.23. The Hall–Kier alpha value is -4.92. The highest BCUT2D eigenvalue weighted by Crippen LogP contribution is 2.35. The van der Waals surface area contributed by atoms with E-state index in [-0.39, 0.29) is 16.7 Å². The predicted octanol–water partition coefficient (Wildman–Crippen LogP) is 5.80. The smallest absolute Gasteiger partial charge is 0.323 e. The molecule has 0 fully saturated rings. The third-order valence-corrected chi connectivity index (χ3v) is 6.80. The van der Waals surface area contributed by atoms with E-state index < -0.39 is 6.03 Å². The summed E-state index contributed by atoms with van der Waals surface area (Å²) in [5.74, 6) is 0.634. The third-order valence-electron chi connectivity index (χ3n) is 6.80. The molecular weight excluding hydrogens is 504 g/mol. The van der Waals surface area contributed by atoms with Crippen LogP contribution in [0.1, 0.15) is 31.9 Å². The van der Waals surface area contributed by atoms with Crippen LogP contribution in [0.5, 0.6) is 5.75 Å². The lowest BCUT2D eigenvalue weighted by Gasteiger charge is -2.24. The molecule has 9 heteroatoms. The summed E-state index contributed by atoms with van der Waals surface area (Å²) < 4.78 is 8.84. The molecule has 0 spiro atoms. The first kappa shape index (κ1) is 26.7. The summed E-state index contributed by atoms with van der Waals surface area (Å²) in [6.07, 6.45) is 7.02. The van der Waals surface area contributed by atoms with Crippen LogP contribution in [0.3, 0.4) is 0 Å². The lowest BCUT2D eigenvalue weighted by atomic mass is 9.85. The summed E-state index contributed by atoms with van der Waals surface area (Å²) >= 11 is 0. The van der Waals surface area contributed by atoms with Gasteiger partial charge in [-0.2, -0.15) is 0 Å². The van der Waals surface area contributed by atoms with Gasteiger partial charge in [-0.05, 0) is 52.4 Å². The number of carbonyl (C=O) groups is 1. The average Bonchev–Trinajstić information content (AvgIpc) is 3.44. The van der Waals surface area contributed by atoms with Crippen LogP contribution in [0, 0.1) is 0 Å². The van der Waals surface area contributed by atoms with Crippen LogP contribution >= 0.6 is 0 Å². The first-order valence-corrected chi connectivity index (χ1v) is 12.9. The number of aromatic nitrogens is 4. The molecule has 0 aliphatic rings. The molecule has 0 saturated heterocycles. The van der Waals surface area contributed by atoms with Gasteiger partial charge in [-0.15, -0.1) is 0 Å². The summed E-state index contributed by atoms with van der Waals surface area (Å²) in [5, 5.41) is 6.62. The van der Waals surface area contributed by atoms with Crippen molar-refractivity contribution in [3.05, 3.63) is 101 Å². The van der Waals surface area contributed by atoms with Gasteiger partial charge in [0.25, 0.3) is 5.56 Å². The largest absolute Gasteiger partial charge is 0.497 e. The number of fused-ring (bicyclic) bond motifs is 1. The van der Waals surface area contributed by atoms with Crippen LogP contribution in [0.4, 0.5) is 16.2 Å². The second-order valence-corrected chi connectivity index (χ2v) is 10.7. The number of anilines is 2. The molecule has 0 saturated carbocycles. The van der Waals surface area contributed by atoms with Crippen molar-refractivity contribution in [1.82, 2.24) is 19.1 Å². The lowest BCUT2D eigenvalue weighted by Crippen LogP contribution is -2.29. The maximum Gasteiger partial charge on any atom is 0.323 e. The third kappa shape index (κ3) is 5.31. The monoisotopic (exact) mass is 536 g/mol. The van der Waals surface area contributed by atoms with Crippen LogP contribution in [-0.2, 0) is 19.0 Å². The van der Waals surface area contributed by atoms with Crippen molar-refractivity contribution in [3.8, 4) is 16.9 Å². The Morgan fingerprint density at radius 2 is 1.85 bits per heavy atom. The number of benzene rings is 2. The first-order chi connectivity index (χ1) is 19.2. The number of rotatable bonds is 6. The van der Waals surface area contributed by atoms with Gasteiger partial charge in [0.05, 0.1) is 13.4 Å². The fraction of sp³-hybridized carbons (Fsp3) is 0.226. The number of pyridine rings is 2. The van der Waals surface area contributed by atoms with E-state index >= 15 is 0 Å². The molecule has 3 heterocycles. The highest BCUT2D eigenvalue weighted by molar-refractivity contribution is 6.07. The summed E-state index contributed by atoms with van der Waals surface area (Å²) in [4.78, 5) is 35.7. The van der Waals surface area contributed by atoms with E-state index in [1.807, 2.05) is 59.3 Å². The van der Waals surface area contributed by atoms with Crippen molar-refractivity contribution < 1.29 is 9.53 Å². The number of carbonyl (C=O) groups excluding carboxylic acids is 1. The zero-order valence-electron chi connectivity index (χ0n) is 23.2. The van der Waals surface area contributed by atoms with Gasteiger partial charge in [0.1, 0.15) is 17.1 Å². The molecule has 2 amide bonds. The van der Waals surface area contributed by atoms with E-state index in [4.69, 9.17) is 4.74 Å². The molecule has 0 aliphatic carbocycles. The van der Waals surface area contributed by atoms with Gasteiger partial charge in [0.15, 0.2) is 0 Å². The molecule has 5 aromatic rings. The number of ether oxygens (including phenoxy) is 1. The van der Waals surface area contributed by atoms with E-state index in [9.17, 15) is 9.59 Å². The first-order valence-electron chi connectivity index (χ1n) is 12.9. The SMILES string of the molecule is COc1cccc(-c2c(NC(=O)Nc3cc(Cn4ccnc4)ccc3C(C)(C)C)c(=O)n(C)c3ncccc23)c1. The number of aryl methyl sites for hydroxylation is 1. The van der Waals surface area contributed by atoms with Crippen LogP contribution in [0.2, 0.25) is 0 Å². The minimum absolute atomic E-state index is 0.153. The summed E-state index contributed by atoms with van der Waals surface area (Å²) in [5.41, 5.74) is 4.01. The fourth-order valence-corrected chi connectivity index (χ4v) is 4.86. The lowest BCUT2D eigenvalue weighted by molar-refractivity contribution is 0.262. The van der Waals surface area contributed by atoms with Gasteiger partial charge >= 0.3 is 6.03 Å². The van der Waals surface area contributed by atoms with E-state index in [0.29, 0.717) is 29.2 Å². The molecule has 0 aliphatic heterocycles. The van der Waals surface area contributed by atoms with E-state index in [1.165, 1.54) is 4.57 Å². The van der Waals surface area contributed by atoms with Crippen molar-refractivity contribution in [2.75, 3.05) is 17.7 Å². The van der Waals surface area contributed by atoms with Crippen molar-refractivity contribution in [2.24, 2.45) is 7.05 Å². The number of hydrogen-bond acceptors (Lipinski definition) is 5. The normalized spacial score (nSPS) is 11.4. The van der Waals surface area contributed by atoms with E-state index in [2.05, 4.69) is 47.4 Å². The second kappa shape index (κ2) is 10.7. The van der Waals surface area contributed by atoms with Gasteiger partial charge < -0.3 is 19.9 Å². The molecule has 5 rings (SSSR count). The number of nitrogens with one attached hydrogen (secondary N) is 2. The molecule has 0 bridgehead atoms. The molecule has 0 atom stereocenters. The Kier molecular flexibility index (Phi) is 7.13. The van der Waals surface area contributed by atoms with Gasteiger partial charge in [0, 0.05) is 48.8 Å². The molecule has 3 aromatic heterocycles. The van der Waals surface area contributed by atoms with Crippen molar-refractivity contribution in [2.45, 2.75) is 32.7 Å². The molecule has 0 radical (unpaired) electrons. The minimum atomic E-state index is -0.519. The van der Waals surface area contributed by atoms with Crippen molar-refractivity contribution in [1.29, 1.82) is 0 Å². The second-order valence-electron chi connectivity index (χ2n) is 10.7. The summed E-state index contributed by atoms with van der Waals surface area (Å²) in [6, 6.07) is 16.6. The van der Waals surface area contributed by atoms with Crippen molar-refractivity contribution in [3.63, 3.8) is 0 Å². The van der Waals surface area contributed by atoms with Gasteiger partial charge in [-0.25, -0.2) is 14.8 Å². The number of amides is 2. The molecule has 40 heavy (non-hydrogen) atoms. The molecule has 0 unspecified atom stereocenters. The van der Waals surface area contributed by atoms with Gasteiger partial charge in [-0.3, -0.25) is 9.36 Å². The molecule has 2 aromatic carbocycles. The van der Waals surface area contributed by atoms with E-state index in [1.54, 1.807) is 32.9 Å². The zero-order valence-corrected chi connectivity index (χ0v) is 23.2. The number of imidazole rings is 1. The van der Waals surface area contributed by atoms with Crippen LogP contribution in [0.15, 0.2) is 84.3 Å². The Balaban J connectivity index is 1.57. The highest BCUT2D eigenvalue weighted by Gasteiger charge is 2.23. The molecule has 2 N–H and O–H groups in total. The van der Waals surface area contributed by atoms with Crippen molar-refractivity contribution >= 4 is 28.4 Å². The predicted molar refractivity (Wildman–Crippen MR) is 158 cm³/mol. The van der Waals surface area contributed by atoms with E-state index in [0.717, 1.165) is 22.1 Å². The average molecular weight is 537 g/mol. The standard InChI is InChI=1S/C31H32N6O3/c1-31(2,3)24-12-11-20(18-37-15-14-32-19-37)16-25(24)34-30(39)35-27-26(21-8-6-9-22(17-21)40-5)23-10-7-13-33-28(23)36(4)29(27)38/h6-17,19H,18H2,1-5H3,(H2,34,35,39). The van der Waals surface area contributed by atoms with Crippen LogP contribution < -0.4 is 20.9 Å². The molecule has 204 valence electrons. The quantitative estimate of drug-likeness (QED) is 0.286. The number of nitrogens with zero attached hydrogens (tertiary/aromatic N) is 4. The van der Waals surface area contributed by atoms with Crippen LogP contribution in [0.25, 0.3) is 22.2 Å². The summed E-state index contributed by atoms with van der Waals surface area (Å²) in [6.45, 7) is 6.88. The Bertz CT molecular complexity index is 1750. The van der Waals surface area contributed by atoms with Gasteiger partial charge in [-0.1, -0.05) is 45.0 Å². The zero-order chi connectivity index (χ0) is 28.4. The Labute approximate surface area is 232 Å². The number of hydrogen-bond donors (Lipinski definition) is 2. The minimum Gasteiger partial charge on any atom is -0.497 e. The maximum absolute atomic E-state index is 13.6. The Morgan fingerprint density at radius 1 is 1.02 bits per heavy atom. The van der Waals surface area contributed by atoms with Gasteiger partial charge in [0.2, 0.25) is 0 Å². The molecular formula is C31H32N6O3. The maximum atomic E-state index is 13.6. The highest BCUT2D eigenvalue weighted by atomic mass is 16.5. The molecule has 9 nitrogen and oxygen atoms in total. The number of methoxy groups -OCH3 is 1. The number of urea groups is 1. The Morgan fingerprint density at radius 3 is 2.58 bits per heavy atom. The van der Waals surface area contributed by atoms with Crippen LogP contribution in [-0.4, -0.2) is 32.2 Å². The fourth-order valence-electron chi connectivity index (χ4n) is 4.86. The topological polar surface area (TPSA) is 103 Å².